The van der Waals surface area contributed by atoms with E-state index in [9.17, 15) is 14.7 Å². The third-order valence-electron chi connectivity index (χ3n) is 3.47. The SMILES string of the molecule is C#COC(=O)CCCC(=O)c1ncc(-c2ccc(C)cc2)cc1O.[HH]. The molecule has 0 aliphatic heterocycles. The molecule has 0 unspecified atom stereocenters. The van der Waals surface area contributed by atoms with Crippen molar-refractivity contribution in [1.82, 2.24) is 4.98 Å². The molecular formula is C19H19NO4. The number of Topliss-reactive ketones (excluding diaryl/α,β-unsaturated/α-hetero) is 1. The summed E-state index contributed by atoms with van der Waals surface area (Å²) in [6.45, 7) is 1.99. The highest BCUT2D eigenvalue weighted by Crippen LogP contribution is 2.26. The molecule has 0 aliphatic rings. The van der Waals surface area contributed by atoms with Crippen LogP contribution in [0.3, 0.4) is 0 Å². The standard InChI is InChI=1S/C19H17NO4.H2/c1-3-24-18(23)6-4-5-16(21)19-17(22)11-15(12-20-19)14-9-7-13(2)8-10-14;/h1,7-12,22H,4-6H2,2H3;1H. The average Bonchev–Trinajstić information content (AvgIpc) is 2.55. The van der Waals surface area contributed by atoms with Crippen LogP contribution >= 0.6 is 0 Å². The summed E-state index contributed by atoms with van der Waals surface area (Å²) in [6.07, 6.45) is 8.56. The molecule has 0 amide bonds. The lowest BCUT2D eigenvalue weighted by molar-refractivity contribution is -0.136. The zero-order valence-corrected chi connectivity index (χ0v) is 13.3. The molecule has 0 spiro atoms. The van der Waals surface area contributed by atoms with Crippen molar-refractivity contribution in [2.75, 3.05) is 0 Å². The normalized spacial score (nSPS) is 10.0. The van der Waals surface area contributed by atoms with Gasteiger partial charge in [-0.25, -0.2) is 4.98 Å². The Balaban J connectivity index is 0.00000312. The van der Waals surface area contributed by atoms with Crippen LogP contribution in [-0.4, -0.2) is 21.8 Å². The molecule has 24 heavy (non-hydrogen) atoms. The van der Waals surface area contributed by atoms with Crippen LogP contribution in [0.15, 0.2) is 36.5 Å². The summed E-state index contributed by atoms with van der Waals surface area (Å²) in [6, 6.07) is 9.27. The maximum absolute atomic E-state index is 12.1. The summed E-state index contributed by atoms with van der Waals surface area (Å²) in [5.74, 6) is -1.07. The zero-order chi connectivity index (χ0) is 17.5. The van der Waals surface area contributed by atoms with E-state index in [0.717, 1.165) is 16.7 Å². The van der Waals surface area contributed by atoms with Crippen molar-refractivity contribution in [1.29, 1.82) is 0 Å². The molecule has 0 saturated heterocycles. The van der Waals surface area contributed by atoms with Crippen LogP contribution < -0.4 is 0 Å². The van der Waals surface area contributed by atoms with Crippen molar-refractivity contribution < 1.29 is 20.9 Å². The Morgan fingerprint density at radius 3 is 2.58 bits per heavy atom. The van der Waals surface area contributed by atoms with E-state index < -0.39 is 5.97 Å². The van der Waals surface area contributed by atoms with Crippen molar-refractivity contribution in [2.24, 2.45) is 0 Å². The van der Waals surface area contributed by atoms with Gasteiger partial charge in [-0.15, -0.1) is 0 Å². The number of aromatic hydroxyl groups is 1. The van der Waals surface area contributed by atoms with Crippen LogP contribution in [-0.2, 0) is 9.53 Å². The lowest BCUT2D eigenvalue weighted by Gasteiger charge is -2.06. The maximum Gasteiger partial charge on any atom is 0.319 e. The summed E-state index contributed by atoms with van der Waals surface area (Å²) in [5.41, 5.74) is 2.75. The molecule has 0 bridgehead atoms. The summed E-state index contributed by atoms with van der Waals surface area (Å²) < 4.78 is 4.34. The quantitative estimate of drug-likeness (QED) is 0.500. The number of benzene rings is 1. The van der Waals surface area contributed by atoms with Crippen LogP contribution in [0.1, 0.15) is 36.7 Å². The van der Waals surface area contributed by atoms with Gasteiger partial charge in [0.05, 0.1) is 0 Å². The number of carbonyl (C=O) groups is 2. The van der Waals surface area contributed by atoms with Crippen LogP contribution in [0.4, 0.5) is 0 Å². The van der Waals surface area contributed by atoms with Gasteiger partial charge in [-0.05, 0) is 25.0 Å². The lowest BCUT2D eigenvalue weighted by atomic mass is 10.0. The van der Waals surface area contributed by atoms with Gasteiger partial charge in [0.15, 0.2) is 5.78 Å². The number of aryl methyl sites for hydroxylation is 1. The molecule has 2 aromatic rings. The number of carbonyl (C=O) groups excluding carboxylic acids is 2. The van der Waals surface area contributed by atoms with Crippen LogP contribution in [0.25, 0.3) is 11.1 Å². The number of terminal acetylenes is 1. The van der Waals surface area contributed by atoms with Crippen molar-refractivity contribution in [3.63, 3.8) is 0 Å². The largest absolute Gasteiger partial charge is 0.506 e. The van der Waals surface area contributed by atoms with Crippen molar-refractivity contribution in [3.05, 3.63) is 47.8 Å². The van der Waals surface area contributed by atoms with Gasteiger partial charge in [0.2, 0.25) is 0 Å². The highest BCUT2D eigenvalue weighted by Gasteiger charge is 2.15. The molecule has 0 atom stereocenters. The van der Waals surface area contributed by atoms with Gasteiger partial charge in [0, 0.05) is 26.0 Å². The van der Waals surface area contributed by atoms with Crippen LogP contribution in [0, 0.1) is 19.5 Å². The molecule has 5 heteroatoms. The Bertz CT molecular complexity index is 794. The molecule has 0 fully saturated rings. The third-order valence-corrected chi connectivity index (χ3v) is 3.47. The summed E-state index contributed by atoms with van der Waals surface area (Å²) in [4.78, 5) is 27.3. The smallest absolute Gasteiger partial charge is 0.319 e. The van der Waals surface area contributed by atoms with Crippen molar-refractivity contribution in [2.45, 2.75) is 26.2 Å². The Morgan fingerprint density at radius 1 is 1.25 bits per heavy atom. The van der Waals surface area contributed by atoms with Crippen molar-refractivity contribution in [3.8, 4) is 29.4 Å². The molecule has 1 heterocycles. The molecule has 1 aromatic heterocycles. The highest BCUT2D eigenvalue weighted by molar-refractivity contribution is 5.97. The number of hydrogen-bond donors (Lipinski definition) is 1. The van der Waals surface area contributed by atoms with E-state index >= 15 is 0 Å². The number of ketones is 1. The second-order valence-corrected chi connectivity index (χ2v) is 5.33. The first-order valence-electron chi connectivity index (χ1n) is 7.46. The van der Waals surface area contributed by atoms with Gasteiger partial charge in [-0.2, -0.15) is 0 Å². The van der Waals surface area contributed by atoms with Gasteiger partial charge < -0.3 is 9.84 Å². The minimum absolute atomic E-state index is 0. The number of rotatable bonds is 6. The van der Waals surface area contributed by atoms with Gasteiger partial charge in [0.25, 0.3) is 0 Å². The molecule has 1 aromatic carbocycles. The first-order valence-corrected chi connectivity index (χ1v) is 7.46. The second kappa shape index (κ2) is 7.93. The van der Waals surface area contributed by atoms with Gasteiger partial charge in [0.1, 0.15) is 17.5 Å². The first-order chi connectivity index (χ1) is 11.5. The van der Waals surface area contributed by atoms with Gasteiger partial charge in [-0.1, -0.05) is 36.3 Å². The van der Waals surface area contributed by atoms with E-state index in [0.29, 0.717) is 0 Å². The molecule has 2 rings (SSSR count). The minimum atomic E-state index is -0.558. The number of nitrogens with zero attached hydrogens (tertiary/aromatic N) is 1. The Labute approximate surface area is 141 Å². The van der Waals surface area contributed by atoms with E-state index in [2.05, 4.69) is 9.72 Å². The van der Waals surface area contributed by atoms with Crippen LogP contribution in [0.2, 0.25) is 0 Å². The van der Waals surface area contributed by atoms with Crippen molar-refractivity contribution >= 4 is 11.8 Å². The molecule has 124 valence electrons. The van der Waals surface area contributed by atoms with Gasteiger partial charge >= 0.3 is 5.97 Å². The molecule has 0 saturated carbocycles. The number of ether oxygens (including phenoxy) is 1. The summed E-state index contributed by atoms with van der Waals surface area (Å²) in [7, 11) is 0. The third kappa shape index (κ3) is 4.43. The molecule has 0 radical (unpaired) electrons. The fraction of sp³-hybridized carbons (Fsp3) is 0.211. The summed E-state index contributed by atoms with van der Waals surface area (Å²) in [5, 5.41) is 10.1. The zero-order valence-electron chi connectivity index (χ0n) is 13.3. The van der Waals surface area contributed by atoms with E-state index in [1.807, 2.05) is 31.2 Å². The lowest BCUT2D eigenvalue weighted by Crippen LogP contribution is -2.05. The predicted molar refractivity (Wildman–Crippen MR) is 91.3 cm³/mol. The van der Waals surface area contributed by atoms with E-state index in [1.54, 1.807) is 12.3 Å². The topological polar surface area (TPSA) is 76.5 Å². The number of esters is 1. The Morgan fingerprint density at radius 2 is 1.96 bits per heavy atom. The minimum Gasteiger partial charge on any atom is -0.506 e. The Kier molecular flexibility index (Phi) is 5.69. The fourth-order valence-corrected chi connectivity index (χ4v) is 2.20. The predicted octanol–water partition coefficient (Wildman–Crippen LogP) is 3.50. The molecule has 1 N–H and O–H groups in total. The maximum atomic E-state index is 12.1. The second-order valence-electron chi connectivity index (χ2n) is 5.33. The summed E-state index contributed by atoms with van der Waals surface area (Å²) >= 11 is 0. The monoisotopic (exact) mass is 325 g/mol. The fourth-order valence-electron chi connectivity index (χ4n) is 2.20. The number of hydrogen-bond acceptors (Lipinski definition) is 5. The van der Waals surface area contributed by atoms with E-state index in [4.69, 9.17) is 6.42 Å². The highest BCUT2D eigenvalue weighted by atomic mass is 16.5. The van der Waals surface area contributed by atoms with Gasteiger partial charge in [-0.3, -0.25) is 9.59 Å². The van der Waals surface area contributed by atoms with E-state index in [1.165, 1.54) is 6.07 Å². The molecule has 5 nitrogen and oxygen atoms in total. The first kappa shape index (κ1) is 17.2. The van der Waals surface area contributed by atoms with Crippen LogP contribution in [0.5, 0.6) is 5.75 Å². The molecular weight excluding hydrogens is 306 g/mol. The average molecular weight is 325 g/mol. The van der Waals surface area contributed by atoms with E-state index in [-0.39, 0.29) is 37.9 Å². The number of aromatic nitrogens is 1. The molecule has 0 aliphatic carbocycles. The number of pyridine rings is 1. The Hall–Kier alpha value is -3.13.